The van der Waals surface area contributed by atoms with Crippen LogP contribution in [-0.4, -0.2) is 14.6 Å². The van der Waals surface area contributed by atoms with E-state index in [1.807, 2.05) is 12.1 Å². The normalized spacial score (nSPS) is 16.3. The Labute approximate surface area is 192 Å². The van der Waals surface area contributed by atoms with Crippen LogP contribution >= 0.6 is 0 Å². The van der Waals surface area contributed by atoms with Crippen molar-refractivity contribution >= 4 is 9.52 Å². The first-order chi connectivity index (χ1) is 12.1. The number of phenols is 1. The maximum Gasteiger partial charge on any atom is 0.116 e. The average Bonchev–Trinajstić information content (AvgIpc) is 2.73. The fraction of sp³-hybridized carbons (Fsp3) is 0.600. The Balaban J connectivity index is 0. The van der Waals surface area contributed by atoms with Crippen molar-refractivity contribution in [2.75, 3.05) is 0 Å². The van der Waals surface area contributed by atoms with E-state index in [4.69, 9.17) is 0 Å². The molecule has 0 saturated heterocycles. The fourth-order valence-corrected chi connectivity index (χ4v) is 2.64. The van der Waals surface area contributed by atoms with Crippen molar-refractivity contribution in [3.8, 4) is 5.75 Å². The van der Waals surface area contributed by atoms with Gasteiger partial charge in [0.1, 0.15) is 5.75 Å². The van der Waals surface area contributed by atoms with Crippen molar-refractivity contribution in [2.45, 2.75) is 93.2 Å². The zero-order valence-electron chi connectivity index (χ0n) is 20.3. The van der Waals surface area contributed by atoms with Gasteiger partial charge < -0.3 is 5.11 Å². The van der Waals surface area contributed by atoms with Gasteiger partial charge in [-0.25, -0.2) is 5.57 Å². The van der Waals surface area contributed by atoms with Gasteiger partial charge in [-0.05, 0) is 34.1 Å². The van der Waals surface area contributed by atoms with Crippen LogP contribution in [0.25, 0.3) is 0 Å². The van der Waals surface area contributed by atoms with E-state index < -0.39 is 0 Å². The SMILES string of the molecule is CC(C)(C)c1cc(O)cc(C(C)(C)C)c1.CC1=[C-]C(C)C(C)=C1C.C[SiH]C.[Ti]. The second-order valence-corrected chi connectivity index (χ2v) is 10.8. The number of aromatic hydroxyl groups is 1. The van der Waals surface area contributed by atoms with Crippen LogP contribution in [0.1, 0.15) is 80.4 Å². The first kappa shape index (κ1) is 29.6. The third kappa shape index (κ3) is 9.76. The zero-order chi connectivity index (χ0) is 21.6. The van der Waals surface area contributed by atoms with Crippen LogP contribution in [0.15, 0.2) is 34.9 Å². The molecule has 1 aromatic rings. The molecule has 157 valence electrons. The van der Waals surface area contributed by atoms with Gasteiger partial charge in [0, 0.05) is 31.2 Å². The quantitative estimate of drug-likeness (QED) is 0.337. The van der Waals surface area contributed by atoms with Gasteiger partial charge in [-0.15, -0.1) is 6.92 Å². The molecule has 0 aliphatic heterocycles. The first-order valence-corrected chi connectivity index (χ1v) is 12.3. The Kier molecular flexibility index (Phi) is 12.9. The van der Waals surface area contributed by atoms with Crippen LogP contribution < -0.4 is 0 Å². The van der Waals surface area contributed by atoms with Crippen molar-refractivity contribution in [1.29, 1.82) is 0 Å². The minimum atomic E-state index is 0. The van der Waals surface area contributed by atoms with E-state index >= 15 is 0 Å². The van der Waals surface area contributed by atoms with Crippen LogP contribution in [0.4, 0.5) is 0 Å². The van der Waals surface area contributed by atoms with Gasteiger partial charge in [0.15, 0.2) is 0 Å². The molecule has 2 rings (SSSR count). The van der Waals surface area contributed by atoms with Crippen LogP contribution in [0.2, 0.25) is 13.1 Å². The molecule has 1 unspecified atom stereocenters. The summed E-state index contributed by atoms with van der Waals surface area (Å²) in [6.45, 7) is 26.1. The standard InChI is InChI=1S/C14H22O.C9H13.C2H7Si.Ti/c1-13(2,3)10-7-11(14(4,5)6)9-12(15)8-10;1-6-5-7(2)9(4)8(6)3;1-3-2;/h7-9,15H,1-6H3;6H,1-4H3;3H,1-2H3;/q;-1;;. The number of benzene rings is 1. The third-order valence-corrected chi connectivity index (χ3v) is 4.89. The van der Waals surface area contributed by atoms with Gasteiger partial charge in [-0.2, -0.15) is 11.1 Å². The molecule has 0 heterocycles. The topological polar surface area (TPSA) is 20.2 Å². The Morgan fingerprint density at radius 3 is 1.39 bits per heavy atom. The van der Waals surface area contributed by atoms with Gasteiger partial charge >= 0.3 is 0 Å². The Morgan fingerprint density at radius 1 is 0.857 bits per heavy atom. The van der Waals surface area contributed by atoms with Gasteiger partial charge in [0.25, 0.3) is 0 Å². The summed E-state index contributed by atoms with van der Waals surface area (Å²) in [5.74, 6) is 0.928. The number of hydrogen-bond donors (Lipinski definition) is 1. The molecule has 0 amide bonds. The summed E-state index contributed by atoms with van der Waals surface area (Å²) in [5.41, 5.74) is 6.78. The van der Waals surface area contributed by atoms with Crippen LogP contribution in [0.3, 0.4) is 0 Å². The summed E-state index contributed by atoms with van der Waals surface area (Å²) in [5, 5.41) is 9.72. The minimum Gasteiger partial charge on any atom is -0.508 e. The maximum absolute atomic E-state index is 9.72. The first-order valence-electron chi connectivity index (χ1n) is 10.0. The largest absolute Gasteiger partial charge is 0.508 e. The smallest absolute Gasteiger partial charge is 0.116 e. The van der Waals surface area contributed by atoms with Gasteiger partial charge in [0.2, 0.25) is 0 Å². The summed E-state index contributed by atoms with van der Waals surface area (Å²) in [6, 6.07) is 5.91. The van der Waals surface area contributed by atoms with Crippen molar-refractivity contribution in [3.63, 3.8) is 0 Å². The maximum atomic E-state index is 9.72. The molecule has 0 aromatic heterocycles. The number of phenolic OH excluding ortho intramolecular Hbond substituents is 1. The fourth-order valence-electron chi connectivity index (χ4n) is 2.64. The summed E-state index contributed by atoms with van der Waals surface area (Å²) in [6.07, 6.45) is 3.36. The van der Waals surface area contributed by atoms with Crippen LogP contribution in [0, 0.1) is 12.0 Å². The minimum absolute atomic E-state index is 0. The van der Waals surface area contributed by atoms with Crippen molar-refractivity contribution in [3.05, 3.63) is 52.1 Å². The number of rotatable bonds is 0. The predicted molar refractivity (Wildman–Crippen MR) is 124 cm³/mol. The van der Waals surface area contributed by atoms with E-state index in [1.54, 1.807) is 0 Å². The van der Waals surface area contributed by atoms with Crippen molar-refractivity contribution in [2.24, 2.45) is 5.92 Å². The molecule has 1 atom stereocenters. The molecular weight excluding hydrogens is 392 g/mol. The molecule has 1 N–H and O–H groups in total. The molecule has 1 radical (unpaired) electrons. The van der Waals surface area contributed by atoms with Gasteiger partial charge in [-0.1, -0.05) is 87.4 Å². The Hall–Kier alpha value is -0.569. The van der Waals surface area contributed by atoms with Crippen molar-refractivity contribution < 1.29 is 26.8 Å². The predicted octanol–water partition coefficient (Wildman–Crippen LogP) is 7.23. The van der Waals surface area contributed by atoms with E-state index in [-0.39, 0.29) is 32.5 Å². The second-order valence-electron chi connectivity index (χ2n) is 9.64. The van der Waals surface area contributed by atoms with Gasteiger partial charge in [0.05, 0.1) is 0 Å². The molecule has 1 aromatic carbocycles. The van der Waals surface area contributed by atoms with E-state index in [2.05, 4.69) is 94.5 Å². The third-order valence-electron chi connectivity index (χ3n) is 4.89. The van der Waals surface area contributed by atoms with E-state index in [9.17, 15) is 5.11 Å². The number of hydrogen-bond acceptors (Lipinski definition) is 1. The van der Waals surface area contributed by atoms with E-state index in [0.717, 1.165) is 9.52 Å². The molecular formula is C25H42OSiTi-. The van der Waals surface area contributed by atoms with E-state index in [1.165, 1.54) is 27.8 Å². The molecule has 0 saturated carbocycles. The summed E-state index contributed by atoms with van der Waals surface area (Å²) < 4.78 is 0. The summed E-state index contributed by atoms with van der Waals surface area (Å²) in [4.78, 5) is 0. The zero-order valence-corrected chi connectivity index (χ0v) is 23.1. The molecule has 0 bridgehead atoms. The summed E-state index contributed by atoms with van der Waals surface area (Å²) in [7, 11) is 0.750. The van der Waals surface area contributed by atoms with Gasteiger partial charge in [-0.3, -0.25) is 6.08 Å². The molecule has 1 nitrogen and oxygen atoms in total. The average molecular weight is 435 g/mol. The van der Waals surface area contributed by atoms with Crippen LogP contribution in [-0.2, 0) is 32.5 Å². The monoisotopic (exact) mass is 434 g/mol. The van der Waals surface area contributed by atoms with Crippen molar-refractivity contribution in [1.82, 2.24) is 0 Å². The summed E-state index contributed by atoms with van der Waals surface area (Å²) >= 11 is 0. The molecule has 1 aliphatic carbocycles. The molecule has 3 heteroatoms. The van der Waals surface area contributed by atoms with Crippen LogP contribution in [0.5, 0.6) is 5.75 Å². The molecule has 0 fully saturated rings. The van der Waals surface area contributed by atoms with E-state index in [0.29, 0.717) is 11.7 Å². The Bertz CT molecular complexity index is 641. The number of allylic oxidation sites excluding steroid dienone is 4. The molecule has 1 aliphatic rings. The second kappa shape index (κ2) is 12.2. The molecule has 0 spiro atoms. The Morgan fingerprint density at radius 2 is 1.21 bits per heavy atom. The molecule has 28 heavy (non-hydrogen) atoms.